The monoisotopic (exact) mass is 351 g/mol. The molecule has 2 atom stereocenters. The Morgan fingerprint density at radius 1 is 1.19 bits per heavy atom. The normalized spacial score (nSPS) is 13.3. The van der Waals surface area contributed by atoms with E-state index in [9.17, 15) is 4.79 Å². The van der Waals surface area contributed by atoms with Crippen LogP contribution >= 0.6 is 0 Å². The fourth-order valence-electron chi connectivity index (χ4n) is 2.99. The Morgan fingerprint density at radius 2 is 1.92 bits per heavy atom. The van der Waals surface area contributed by atoms with Crippen LogP contribution in [-0.2, 0) is 11.2 Å². The second-order valence-electron chi connectivity index (χ2n) is 6.59. The van der Waals surface area contributed by atoms with Crippen molar-refractivity contribution in [3.05, 3.63) is 59.9 Å². The second-order valence-corrected chi connectivity index (χ2v) is 6.59. The van der Waals surface area contributed by atoms with Crippen LogP contribution in [0.2, 0.25) is 0 Å². The lowest BCUT2D eigenvalue weighted by molar-refractivity contribution is -0.121. The Kier molecular flexibility index (Phi) is 5.56. The zero-order chi connectivity index (χ0) is 18.5. The maximum atomic E-state index is 12.6. The molecule has 26 heavy (non-hydrogen) atoms. The first-order valence-electron chi connectivity index (χ1n) is 8.97. The number of rotatable bonds is 7. The zero-order valence-corrected chi connectivity index (χ0v) is 15.5. The third kappa shape index (κ3) is 4.04. The number of fused-ring (bicyclic) bond motifs is 1. The number of imidazole rings is 1. The first-order valence-corrected chi connectivity index (χ1v) is 8.97. The Bertz CT molecular complexity index is 837. The smallest absolute Gasteiger partial charge is 0.225 e. The van der Waals surface area contributed by atoms with Crippen LogP contribution in [0.3, 0.4) is 0 Å². The van der Waals surface area contributed by atoms with Gasteiger partial charge in [0.1, 0.15) is 11.6 Å². The molecule has 5 heteroatoms. The summed E-state index contributed by atoms with van der Waals surface area (Å²) in [6.45, 7) is 4.25. The number of nitrogens with one attached hydrogen (secondary N) is 2. The van der Waals surface area contributed by atoms with E-state index in [0.29, 0.717) is 6.42 Å². The van der Waals surface area contributed by atoms with Gasteiger partial charge >= 0.3 is 0 Å². The highest BCUT2D eigenvalue weighted by Gasteiger charge is 2.23. The molecule has 0 fully saturated rings. The van der Waals surface area contributed by atoms with Crippen LogP contribution in [0.25, 0.3) is 11.0 Å². The number of benzene rings is 2. The molecule has 2 aromatic carbocycles. The van der Waals surface area contributed by atoms with E-state index >= 15 is 0 Å². The lowest BCUT2D eigenvalue weighted by atomic mass is 9.98. The predicted molar refractivity (Wildman–Crippen MR) is 103 cm³/mol. The maximum Gasteiger partial charge on any atom is 0.225 e. The summed E-state index contributed by atoms with van der Waals surface area (Å²) in [6, 6.07) is 15.3. The van der Waals surface area contributed by atoms with Crippen LogP contribution < -0.4 is 10.1 Å². The van der Waals surface area contributed by atoms with Crippen molar-refractivity contribution < 1.29 is 9.53 Å². The first-order chi connectivity index (χ1) is 12.6. The van der Waals surface area contributed by atoms with E-state index in [1.807, 2.05) is 48.5 Å². The van der Waals surface area contributed by atoms with E-state index in [1.54, 1.807) is 7.11 Å². The molecule has 0 aliphatic heterocycles. The van der Waals surface area contributed by atoms with Crippen molar-refractivity contribution in [3.63, 3.8) is 0 Å². The standard InChI is InChI=1S/C21H25N3O2/c1-4-14(2)20(21-22-17-7-5-6-8-18(17)23-21)24-19(25)13-15-9-11-16(26-3)12-10-15/h5-12,14,20H,4,13H2,1-3H3,(H,22,23)(H,24,25)/t14-,20-/m1/s1. The van der Waals surface area contributed by atoms with Crippen molar-refractivity contribution in [2.24, 2.45) is 5.92 Å². The summed E-state index contributed by atoms with van der Waals surface area (Å²) in [7, 11) is 1.63. The number of carbonyl (C=O) groups excluding carboxylic acids is 1. The quantitative estimate of drug-likeness (QED) is 0.676. The topological polar surface area (TPSA) is 67.0 Å². The molecule has 1 amide bonds. The highest BCUT2D eigenvalue weighted by atomic mass is 16.5. The van der Waals surface area contributed by atoms with Crippen LogP contribution in [0.1, 0.15) is 37.7 Å². The zero-order valence-electron chi connectivity index (χ0n) is 15.5. The molecule has 0 aliphatic carbocycles. The van der Waals surface area contributed by atoms with E-state index in [2.05, 4.69) is 29.1 Å². The minimum absolute atomic E-state index is 0.0130. The van der Waals surface area contributed by atoms with Gasteiger partial charge in [-0.3, -0.25) is 4.79 Å². The number of amides is 1. The van der Waals surface area contributed by atoms with Gasteiger partial charge in [0.05, 0.1) is 30.6 Å². The minimum atomic E-state index is -0.141. The molecule has 1 heterocycles. The molecular weight excluding hydrogens is 326 g/mol. The summed E-state index contributed by atoms with van der Waals surface area (Å²) in [5.41, 5.74) is 2.86. The van der Waals surface area contributed by atoms with Gasteiger partial charge < -0.3 is 15.0 Å². The maximum absolute atomic E-state index is 12.6. The molecule has 0 saturated carbocycles. The number of para-hydroxylation sites is 2. The van der Waals surface area contributed by atoms with Crippen LogP contribution in [0.4, 0.5) is 0 Å². The van der Waals surface area contributed by atoms with Crippen molar-refractivity contribution in [1.29, 1.82) is 0 Å². The van der Waals surface area contributed by atoms with Gasteiger partial charge in [0.2, 0.25) is 5.91 Å². The van der Waals surface area contributed by atoms with Crippen LogP contribution in [-0.4, -0.2) is 23.0 Å². The van der Waals surface area contributed by atoms with Gasteiger partial charge in [-0.15, -0.1) is 0 Å². The molecule has 0 saturated heterocycles. The van der Waals surface area contributed by atoms with Gasteiger partial charge in [0.25, 0.3) is 0 Å². The van der Waals surface area contributed by atoms with Gasteiger partial charge in [0.15, 0.2) is 0 Å². The Balaban J connectivity index is 1.76. The van der Waals surface area contributed by atoms with Gasteiger partial charge in [0, 0.05) is 0 Å². The van der Waals surface area contributed by atoms with Crippen molar-refractivity contribution in [3.8, 4) is 5.75 Å². The molecular formula is C21H25N3O2. The van der Waals surface area contributed by atoms with E-state index in [1.165, 1.54) is 0 Å². The predicted octanol–water partition coefficient (Wildman–Crippen LogP) is 4.02. The lowest BCUT2D eigenvalue weighted by Crippen LogP contribution is -2.34. The van der Waals surface area contributed by atoms with Gasteiger partial charge in [-0.1, -0.05) is 44.5 Å². The van der Waals surface area contributed by atoms with Crippen molar-refractivity contribution in [1.82, 2.24) is 15.3 Å². The number of methoxy groups -OCH3 is 1. The fourth-order valence-corrected chi connectivity index (χ4v) is 2.99. The fraction of sp³-hybridized carbons (Fsp3) is 0.333. The van der Waals surface area contributed by atoms with Gasteiger partial charge in [-0.2, -0.15) is 0 Å². The highest BCUT2D eigenvalue weighted by molar-refractivity contribution is 5.79. The van der Waals surface area contributed by atoms with E-state index < -0.39 is 0 Å². The lowest BCUT2D eigenvalue weighted by Gasteiger charge is -2.22. The van der Waals surface area contributed by atoms with E-state index in [4.69, 9.17) is 4.74 Å². The molecule has 0 unspecified atom stereocenters. The molecule has 136 valence electrons. The highest BCUT2D eigenvalue weighted by Crippen LogP contribution is 2.24. The summed E-state index contributed by atoms with van der Waals surface area (Å²) in [5, 5.41) is 3.16. The molecule has 0 aliphatic rings. The number of H-pyrrole nitrogens is 1. The number of hydrogen-bond acceptors (Lipinski definition) is 3. The second kappa shape index (κ2) is 8.04. The molecule has 3 aromatic rings. The molecule has 2 N–H and O–H groups in total. The Morgan fingerprint density at radius 3 is 2.58 bits per heavy atom. The average molecular weight is 351 g/mol. The Hall–Kier alpha value is -2.82. The molecule has 3 rings (SSSR count). The Labute approximate surface area is 153 Å². The van der Waals surface area contributed by atoms with Crippen molar-refractivity contribution in [2.75, 3.05) is 7.11 Å². The first kappa shape index (κ1) is 18.0. The average Bonchev–Trinajstić information content (AvgIpc) is 3.10. The van der Waals surface area contributed by atoms with Crippen molar-refractivity contribution >= 4 is 16.9 Å². The third-order valence-electron chi connectivity index (χ3n) is 4.76. The van der Waals surface area contributed by atoms with E-state index in [-0.39, 0.29) is 17.9 Å². The summed E-state index contributed by atoms with van der Waals surface area (Å²) < 4.78 is 5.16. The number of ether oxygens (including phenoxy) is 1. The molecule has 0 radical (unpaired) electrons. The minimum Gasteiger partial charge on any atom is -0.497 e. The number of carbonyl (C=O) groups is 1. The molecule has 1 aromatic heterocycles. The third-order valence-corrected chi connectivity index (χ3v) is 4.76. The number of aromatic amines is 1. The number of hydrogen-bond donors (Lipinski definition) is 2. The number of aromatic nitrogens is 2. The summed E-state index contributed by atoms with van der Waals surface area (Å²) >= 11 is 0. The molecule has 0 spiro atoms. The summed E-state index contributed by atoms with van der Waals surface area (Å²) in [5.74, 6) is 1.86. The molecule has 0 bridgehead atoms. The van der Waals surface area contributed by atoms with Gasteiger partial charge in [-0.05, 0) is 35.7 Å². The van der Waals surface area contributed by atoms with E-state index in [0.717, 1.165) is 34.6 Å². The largest absolute Gasteiger partial charge is 0.497 e. The van der Waals surface area contributed by atoms with Gasteiger partial charge in [-0.25, -0.2) is 4.98 Å². The summed E-state index contributed by atoms with van der Waals surface area (Å²) in [6.07, 6.45) is 1.28. The van der Waals surface area contributed by atoms with Crippen molar-refractivity contribution in [2.45, 2.75) is 32.7 Å². The summed E-state index contributed by atoms with van der Waals surface area (Å²) in [4.78, 5) is 20.6. The van der Waals surface area contributed by atoms with Crippen LogP contribution in [0.5, 0.6) is 5.75 Å². The van der Waals surface area contributed by atoms with Crippen LogP contribution in [0, 0.1) is 5.92 Å². The SMILES string of the molecule is CC[C@@H](C)[C@@H](NC(=O)Cc1ccc(OC)cc1)c1nc2ccccc2[nH]1. The molecule has 5 nitrogen and oxygen atoms in total. The number of nitrogens with zero attached hydrogens (tertiary/aromatic N) is 1. The van der Waals surface area contributed by atoms with Crippen LogP contribution in [0.15, 0.2) is 48.5 Å².